The Bertz CT molecular complexity index is 1390. The molecule has 35 heavy (non-hydrogen) atoms. The lowest BCUT2D eigenvalue weighted by atomic mass is 10.1. The molecule has 1 aromatic carbocycles. The molecule has 2 N–H and O–H groups in total. The highest BCUT2D eigenvalue weighted by Gasteiger charge is 2.20. The van der Waals surface area contributed by atoms with Crippen LogP contribution in [0, 0.1) is 6.92 Å². The highest BCUT2D eigenvalue weighted by Crippen LogP contribution is 2.35. The molecule has 4 rings (SSSR count). The van der Waals surface area contributed by atoms with Crippen LogP contribution in [-0.2, 0) is 17.7 Å². The van der Waals surface area contributed by atoms with E-state index >= 15 is 0 Å². The molecule has 2 heterocycles. The van der Waals surface area contributed by atoms with Crippen LogP contribution >= 0.6 is 0 Å². The van der Waals surface area contributed by atoms with Gasteiger partial charge in [-0.2, -0.15) is 0 Å². The molecule has 7 nitrogen and oxygen atoms in total. The minimum Gasteiger partial charge on any atom is -0.494 e. The maximum Gasteiger partial charge on any atom is 0.265 e. The predicted octanol–water partition coefficient (Wildman–Crippen LogP) is 5.18. The van der Waals surface area contributed by atoms with Gasteiger partial charge < -0.3 is 14.9 Å². The molecule has 2 aromatic heterocycles. The molecule has 1 atom stereocenters. The number of rotatable bonds is 8. The van der Waals surface area contributed by atoms with Crippen molar-refractivity contribution in [1.29, 1.82) is 0 Å². The second-order valence-electron chi connectivity index (χ2n) is 9.01. The number of aromatic nitrogens is 3. The molecular formula is C28H33N3O4. The summed E-state index contributed by atoms with van der Waals surface area (Å²) in [5.41, 5.74) is 3.61. The number of hydrogen-bond donors (Lipinski definition) is 2. The first kappa shape index (κ1) is 24.5. The molecule has 1 aliphatic carbocycles. The summed E-state index contributed by atoms with van der Waals surface area (Å²) in [6.07, 6.45) is 10.6. The zero-order valence-corrected chi connectivity index (χ0v) is 20.8. The first-order chi connectivity index (χ1) is 16.8. The number of aryl methyl sites for hydroxylation is 1. The van der Waals surface area contributed by atoms with Gasteiger partial charge in [0.25, 0.3) is 5.56 Å². The van der Waals surface area contributed by atoms with E-state index in [1.54, 1.807) is 24.7 Å². The van der Waals surface area contributed by atoms with Crippen LogP contribution in [0.15, 0.2) is 52.9 Å². The van der Waals surface area contributed by atoms with Crippen molar-refractivity contribution < 1.29 is 14.9 Å². The van der Waals surface area contributed by atoms with Crippen LogP contribution in [-0.4, -0.2) is 37.5 Å². The number of hydrogen-bond acceptors (Lipinski definition) is 5. The predicted molar refractivity (Wildman–Crippen MR) is 140 cm³/mol. The Morgan fingerprint density at radius 1 is 1.26 bits per heavy atom. The summed E-state index contributed by atoms with van der Waals surface area (Å²) in [5.74, 6) is 0.599. The Kier molecular flexibility index (Phi) is 7.26. The number of aromatic hydroxyl groups is 2. The molecule has 0 spiro atoms. The Balaban J connectivity index is 1.74. The fraction of sp³-hybridized carbons (Fsp3) is 0.357. The molecule has 184 valence electrons. The van der Waals surface area contributed by atoms with Crippen LogP contribution < -0.4 is 5.56 Å². The minimum absolute atomic E-state index is 0.0184. The Hall–Kier alpha value is -3.58. The summed E-state index contributed by atoms with van der Waals surface area (Å²) in [7, 11) is 1.66. The molecule has 0 radical (unpaired) electrons. The lowest BCUT2D eigenvalue weighted by Gasteiger charge is -2.19. The van der Waals surface area contributed by atoms with E-state index in [0.717, 1.165) is 24.1 Å². The van der Waals surface area contributed by atoms with Gasteiger partial charge in [0.15, 0.2) is 5.88 Å². The van der Waals surface area contributed by atoms with Gasteiger partial charge in [0.1, 0.15) is 5.82 Å². The Labute approximate surface area is 205 Å². The zero-order valence-electron chi connectivity index (χ0n) is 20.8. The SMILES string of the molecule is CCCC(C)=Cc1c(C)c(O)n(CCc2nc3ccccc3c(=O)n2C2=CCC(OC)C=C2)c1O. The summed E-state index contributed by atoms with van der Waals surface area (Å²) in [6.45, 7) is 6.19. The van der Waals surface area contributed by atoms with E-state index in [1.807, 2.05) is 49.4 Å². The standard InChI is InChI=1S/C28H33N3O4/c1-5-8-18(2)17-23-19(3)26(32)30(27(23)33)16-15-25-29-24-10-7-6-9-22(24)28(34)31(25)20-11-13-21(35-4)14-12-20/h6-7,9-13,17,21,32-33H,5,8,14-16H2,1-4H3. The quantitative estimate of drug-likeness (QED) is 0.469. The van der Waals surface area contributed by atoms with Crippen LogP contribution in [0.4, 0.5) is 0 Å². The van der Waals surface area contributed by atoms with Gasteiger partial charge in [0.2, 0.25) is 5.88 Å². The van der Waals surface area contributed by atoms with E-state index < -0.39 is 0 Å². The Morgan fingerprint density at radius 3 is 2.71 bits per heavy atom. The van der Waals surface area contributed by atoms with E-state index in [2.05, 4.69) is 6.92 Å². The number of allylic oxidation sites excluding steroid dienone is 3. The van der Waals surface area contributed by atoms with Crippen molar-refractivity contribution in [3.63, 3.8) is 0 Å². The Morgan fingerprint density at radius 2 is 2.03 bits per heavy atom. The largest absolute Gasteiger partial charge is 0.494 e. The van der Waals surface area contributed by atoms with Crippen LogP contribution in [0.25, 0.3) is 22.7 Å². The highest BCUT2D eigenvalue weighted by atomic mass is 16.5. The van der Waals surface area contributed by atoms with Gasteiger partial charge in [0, 0.05) is 36.9 Å². The van der Waals surface area contributed by atoms with Crippen LogP contribution in [0.1, 0.15) is 50.1 Å². The summed E-state index contributed by atoms with van der Waals surface area (Å²) < 4.78 is 8.51. The maximum absolute atomic E-state index is 13.5. The van der Waals surface area contributed by atoms with E-state index in [0.29, 0.717) is 40.7 Å². The third kappa shape index (κ3) is 4.82. The van der Waals surface area contributed by atoms with Crippen molar-refractivity contribution in [2.24, 2.45) is 0 Å². The molecule has 0 saturated heterocycles. The molecule has 0 amide bonds. The topological polar surface area (TPSA) is 89.5 Å². The summed E-state index contributed by atoms with van der Waals surface area (Å²) in [5, 5.41) is 22.2. The fourth-order valence-corrected chi connectivity index (χ4v) is 4.59. The van der Waals surface area contributed by atoms with Crippen LogP contribution in [0.5, 0.6) is 11.8 Å². The van der Waals surface area contributed by atoms with E-state index in [4.69, 9.17) is 9.72 Å². The van der Waals surface area contributed by atoms with E-state index in [1.165, 1.54) is 4.57 Å². The van der Waals surface area contributed by atoms with E-state index in [-0.39, 0.29) is 30.0 Å². The van der Waals surface area contributed by atoms with Gasteiger partial charge in [-0.3, -0.25) is 13.9 Å². The van der Waals surface area contributed by atoms with Gasteiger partial charge >= 0.3 is 0 Å². The molecular weight excluding hydrogens is 442 g/mol. The third-order valence-electron chi connectivity index (χ3n) is 6.53. The number of para-hydroxylation sites is 1. The molecule has 3 aromatic rings. The van der Waals surface area contributed by atoms with E-state index in [9.17, 15) is 15.0 Å². The molecule has 0 fully saturated rings. The van der Waals surface area contributed by atoms with Crippen molar-refractivity contribution in [2.75, 3.05) is 7.11 Å². The van der Waals surface area contributed by atoms with Crippen molar-refractivity contribution in [3.8, 4) is 11.8 Å². The summed E-state index contributed by atoms with van der Waals surface area (Å²) >= 11 is 0. The minimum atomic E-state index is -0.145. The molecule has 0 saturated carbocycles. The number of nitrogens with zero attached hydrogens (tertiary/aromatic N) is 3. The van der Waals surface area contributed by atoms with Gasteiger partial charge in [-0.05, 0) is 44.9 Å². The van der Waals surface area contributed by atoms with Crippen LogP contribution in [0.2, 0.25) is 0 Å². The van der Waals surface area contributed by atoms with Crippen LogP contribution in [0.3, 0.4) is 0 Å². The first-order valence-corrected chi connectivity index (χ1v) is 12.1. The molecule has 1 unspecified atom stereocenters. The zero-order chi connectivity index (χ0) is 25.1. The number of benzene rings is 1. The van der Waals surface area contributed by atoms with Crippen molar-refractivity contribution in [3.05, 3.63) is 75.4 Å². The fourth-order valence-electron chi connectivity index (χ4n) is 4.59. The monoisotopic (exact) mass is 475 g/mol. The molecule has 1 aliphatic rings. The van der Waals surface area contributed by atoms with Gasteiger partial charge in [-0.25, -0.2) is 4.98 Å². The maximum atomic E-state index is 13.5. The normalized spacial score (nSPS) is 16.2. The lowest BCUT2D eigenvalue weighted by molar-refractivity contribution is 0.143. The summed E-state index contributed by atoms with van der Waals surface area (Å²) in [4.78, 5) is 18.3. The average molecular weight is 476 g/mol. The van der Waals surface area contributed by atoms with Crippen molar-refractivity contribution in [2.45, 2.75) is 59.1 Å². The smallest absolute Gasteiger partial charge is 0.265 e. The summed E-state index contributed by atoms with van der Waals surface area (Å²) in [6, 6.07) is 7.29. The third-order valence-corrected chi connectivity index (χ3v) is 6.53. The number of methoxy groups -OCH3 is 1. The molecule has 7 heteroatoms. The van der Waals surface area contributed by atoms with Gasteiger partial charge in [-0.15, -0.1) is 0 Å². The lowest BCUT2D eigenvalue weighted by Crippen LogP contribution is -2.26. The molecule has 0 aliphatic heterocycles. The first-order valence-electron chi connectivity index (χ1n) is 12.1. The second kappa shape index (κ2) is 10.4. The highest BCUT2D eigenvalue weighted by molar-refractivity contribution is 5.79. The second-order valence-corrected chi connectivity index (χ2v) is 9.01. The molecule has 0 bridgehead atoms. The van der Waals surface area contributed by atoms with Gasteiger partial charge in [-0.1, -0.05) is 49.3 Å². The van der Waals surface area contributed by atoms with Crippen molar-refractivity contribution >= 4 is 22.7 Å². The number of fused-ring (bicyclic) bond motifs is 1. The van der Waals surface area contributed by atoms with Crippen molar-refractivity contribution in [1.82, 2.24) is 14.1 Å². The number of ether oxygens (including phenoxy) is 1. The van der Waals surface area contributed by atoms with Gasteiger partial charge in [0.05, 0.1) is 17.0 Å². The average Bonchev–Trinajstić information content (AvgIpc) is 3.06.